The molecule has 3 heterocycles. The van der Waals surface area contributed by atoms with E-state index in [0.717, 1.165) is 52.6 Å². The first-order chi connectivity index (χ1) is 14.8. The predicted octanol–water partition coefficient (Wildman–Crippen LogP) is 1.93. The average molecular weight is 440 g/mol. The quantitative estimate of drug-likeness (QED) is 0.621. The Kier molecular flexibility index (Phi) is 4.75. The van der Waals surface area contributed by atoms with Crippen molar-refractivity contribution in [2.24, 2.45) is 0 Å². The monoisotopic (exact) mass is 439 g/mol. The summed E-state index contributed by atoms with van der Waals surface area (Å²) < 4.78 is 28.0. The number of carbonyl (C=O) groups is 1. The molecule has 0 N–H and O–H groups in total. The first kappa shape index (κ1) is 20.0. The molecule has 2 aliphatic heterocycles. The lowest BCUT2D eigenvalue weighted by atomic mass is 10.2. The number of aromatic nitrogens is 2. The Bertz CT molecular complexity index is 1280. The highest BCUT2D eigenvalue weighted by Gasteiger charge is 2.27. The summed E-state index contributed by atoms with van der Waals surface area (Å²) in [7, 11) is -1.76. The fourth-order valence-electron chi connectivity index (χ4n) is 4.40. The van der Waals surface area contributed by atoms with Crippen LogP contribution in [0, 0.1) is 0 Å². The van der Waals surface area contributed by atoms with Gasteiger partial charge in [-0.2, -0.15) is 17.6 Å². The largest absolute Gasteiger partial charge is 0.369 e. The second-order valence-corrected chi connectivity index (χ2v) is 10.0. The van der Waals surface area contributed by atoms with Gasteiger partial charge in [0.05, 0.1) is 16.6 Å². The average Bonchev–Trinajstić information content (AvgIpc) is 3.38. The van der Waals surface area contributed by atoms with Gasteiger partial charge < -0.3 is 14.7 Å². The molecule has 31 heavy (non-hydrogen) atoms. The second kappa shape index (κ2) is 7.35. The van der Waals surface area contributed by atoms with E-state index in [-0.39, 0.29) is 10.8 Å². The molecule has 1 amide bonds. The smallest absolute Gasteiger partial charge is 0.283 e. The van der Waals surface area contributed by atoms with Crippen molar-refractivity contribution >= 4 is 38.2 Å². The van der Waals surface area contributed by atoms with Crippen LogP contribution >= 0.6 is 0 Å². The molecule has 0 unspecified atom stereocenters. The Morgan fingerprint density at radius 1 is 1.00 bits per heavy atom. The molecule has 0 saturated carbocycles. The number of piperazine rings is 1. The number of amides is 1. The fraction of sp³-hybridized carbons (Fsp3) is 0.364. The predicted molar refractivity (Wildman–Crippen MR) is 120 cm³/mol. The van der Waals surface area contributed by atoms with Crippen molar-refractivity contribution in [1.82, 2.24) is 14.1 Å². The van der Waals surface area contributed by atoms with Gasteiger partial charge in [0.1, 0.15) is 0 Å². The molecular weight excluding hydrogens is 414 g/mol. The zero-order valence-corrected chi connectivity index (χ0v) is 18.5. The molecule has 2 aliphatic rings. The van der Waals surface area contributed by atoms with Crippen LogP contribution in [-0.4, -0.2) is 68.2 Å². The lowest BCUT2D eigenvalue weighted by molar-refractivity contribution is -0.116. The van der Waals surface area contributed by atoms with E-state index in [2.05, 4.69) is 21.9 Å². The highest BCUT2D eigenvalue weighted by atomic mass is 32.2. The van der Waals surface area contributed by atoms with E-state index in [4.69, 9.17) is 0 Å². The van der Waals surface area contributed by atoms with Crippen LogP contribution in [0.5, 0.6) is 0 Å². The van der Waals surface area contributed by atoms with E-state index in [1.807, 2.05) is 18.2 Å². The number of benzene rings is 2. The first-order valence-corrected chi connectivity index (χ1v) is 11.9. The van der Waals surface area contributed by atoms with E-state index >= 15 is 0 Å². The van der Waals surface area contributed by atoms with Gasteiger partial charge in [0, 0.05) is 56.4 Å². The van der Waals surface area contributed by atoms with Crippen molar-refractivity contribution in [3.05, 3.63) is 48.2 Å². The first-order valence-electron chi connectivity index (χ1n) is 10.4. The van der Waals surface area contributed by atoms with Crippen LogP contribution in [0.1, 0.15) is 12.5 Å². The van der Waals surface area contributed by atoms with Gasteiger partial charge in [-0.25, -0.2) is 0 Å². The van der Waals surface area contributed by atoms with E-state index < -0.39 is 10.0 Å². The molecule has 8 nitrogen and oxygen atoms in total. The van der Waals surface area contributed by atoms with Gasteiger partial charge >= 0.3 is 0 Å². The number of hydrogen-bond donors (Lipinski definition) is 0. The number of hydrogen-bond acceptors (Lipinski definition) is 6. The third-order valence-electron chi connectivity index (χ3n) is 6.24. The molecule has 5 rings (SSSR count). The molecule has 9 heteroatoms. The summed E-state index contributed by atoms with van der Waals surface area (Å²) in [5, 5.41) is 5.00. The lowest BCUT2D eigenvalue weighted by Gasteiger charge is -2.34. The Morgan fingerprint density at radius 3 is 2.52 bits per heavy atom. The zero-order chi connectivity index (χ0) is 21.8. The number of rotatable bonds is 3. The minimum Gasteiger partial charge on any atom is -0.369 e. The molecule has 1 fully saturated rings. The van der Waals surface area contributed by atoms with Crippen molar-refractivity contribution < 1.29 is 13.2 Å². The molecular formula is C22H25N5O3S. The molecule has 1 saturated heterocycles. The second-order valence-electron chi connectivity index (χ2n) is 8.24. The van der Waals surface area contributed by atoms with Gasteiger partial charge in [-0.3, -0.25) is 4.79 Å². The number of nitrogens with zero attached hydrogens (tertiary/aromatic N) is 5. The topological polar surface area (TPSA) is 78.8 Å². The van der Waals surface area contributed by atoms with Crippen LogP contribution in [0.3, 0.4) is 0 Å². The summed E-state index contributed by atoms with van der Waals surface area (Å²) in [5.41, 5.74) is 3.23. The van der Waals surface area contributed by atoms with Crippen LogP contribution in [0.25, 0.3) is 10.9 Å². The number of fused-ring (bicyclic) bond motifs is 2. The van der Waals surface area contributed by atoms with Crippen molar-refractivity contribution in [3.63, 3.8) is 0 Å². The standard InChI is InChI=1S/C22H25N5O3S/c1-16(28)26-8-7-17-13-20(5-6-21(17)26)31(29,30)27-22-14-19(4-3-18(22)15-23-27)25-11-9-24(2)10-12-25/h3-6,13-15H,7-12H2,1-2H3. The number of anilines is 2. The number of likely N-dealkylation sites (N-methyl/N-ethyl adjacent to an activating group) is 1. The summed E-state index contributed by atoms with van der Waals surface area (Å²) in [6, 6.07) is 10.8. The van der Waals surface area contributed by atoms with Crippen LogP contribution in [0.4, 0.5) is 11.4 Å². The third kappa shape index (κ3) is 3.37. The van der Waals surface area contributed by atoms with Crippen molar-refractivity contribution in [3.8, 4) is 0 Å². The summed E-state index contributed by atoms with van der Waals surface area (Å²) in [6.07, 6.45) is 2.23. The van der Waals surface area contributed by atoms with Crippen molar-refractivity contribution in [2.45, 2.75) is 18.2 Å². The minimum absolute atomic E-state index is 0.0381. The van der Waals surface area contributed by atoms with Crippen LogP contribution in [-0.2, 0) is 21.2 Å². The lowest BCUT2D eigenvalue weighted by Crippen LogP contribution is -2.44. The summed E-state index contributed by atoms with van der Waals surface area (Å²) >= 11 is 0. The highest BCUT2D eigenvalue weighted by Crippen LogP contribution is 2.32. The van der Waals surface area contributed by atoms with Crippen LogP contribution < -0.4 is 9.80 Å². The minimum atomic E-state index is -3.86. The maximum absolute atomic E-state index is 13.5. The van der Waals surface area contributed by atoms with Gasteiger partial charge in [-0.1, -0.05) is 0 Å². The summed E-state index contributed by atoms with van der Waals surface area (Å²) in [5.74, 6) is -0.0381. The van der Waals surface area contributed by atoms with Gasteiger partial charge in [0.25, 0.3) is 10.0 Å². The molecule has 0 atom stereocenters. The van der Waals surface area contributed by atoms with E-state index in [1.54, 1.807) is 29.3 Å². The molecule has 3 aromatic rings. The van der Waals surface area contributed by atoms with Gasteiger partial charge in [-0.05, 0) is 55.4 Å². The fourth-order valence-corrected chi connectivity index (χ4v) is 5.72. The molecule has 0 radical (unpaired) electrons. The van der Waals surface area contributed by atoms with E-state index in [0.29, 0.717) is 18.5 Å². The Hall–Kier alpha value is -2.91. The maximum atomic E-state index is 13.5. The maximum Gasteiger partial charge on any atom is 0.283 e. The Morgan fingerprint density at radius 2 is 1.77 bits per heavy atom. The van der Waals surface area contributed by atoms with Crippen molar-refractivity contribution in [2.75, 3.05) is 49.6 Å². The Balaban J connectivity index is 1.53. The highest BCUT2D eigenvalue weighted by molar-refractivity contribution is 7.90. The Labute approximate surface area is 181 Å². The van der Waals surface area contributed by atoms with Gasteiger partial charge in [-0.15, -0.1) is 0 Å². The summed E-state index contributed by atoms with van der Waals surface area (Å²) in [6.45, 7) is 5.85. The summed E-state index contributed by atoms with van der Waals surface area (Å²) in [4.78, 5) is 18.2. The van der Waals surface area contributed by atoms with Gasteiger partial charge in [0.2, 0.25) is 5.91 Å². The number of carbonyl (C=O) groups excluding carboxylic acids is 1. The molecule has 162 valence electrons. The van der Waals surface area contributed by atoms with E-state index in [9.17, 15) is 13.2 Å². The van der Waals surface area contributed by atoms with Crippen molar-refractivity contribution in [1.29, 1.82) is 0 Å². The van der Waals surface area contributed by atoms with Crippen LogP contribution in [0.2, 0.25) is 0 Å². The molecule has 0 spiro atoms. The molecule has 0 aliphatic carbocycles. The molecule has 0 bridgehead atoms. The zero-order valence-electron chi connectivity index (χ0n) is 17.7. The normalized spacial score (nSPS) is 17.4. The van der Waals surface area contributed by atoms with E-state index in [1.165, 1.54) is 6.92 Å². The third-order valence-corrected chi connectivity index (χ3v) is 7.84. The van der Waals surface area contributed by atoms with Gasteiger partial charge in [0.15, 0.2) is 0 Å². The molecule has 2 aromatic carbocycles. The SMILES string of the molecule is CC(=O)N1CCc2cc(S(=O)(=O)n3ncc4ccc(N5CCN(C)CC5)cc43)ccc21. The van der Waals surface area contributed by atoms with Crippen LogP contribution in [0.15, 0.2) is 47.5 Å². The molecule has 1 aromatic heterocycles.